The van der Waals surface area contributed by atoms with E-state index >= 15 is 0 Å². The number of carbonyl (C=O) groups excluding carboxylic acids is 1. The van der Waals surface area contributed by atoms with Crippen molar-refractivity contribution in [3.63, 3.8) is 0 Å². The highest BCUT2D eigenvalue weighted by atomic mass is 32.2. The van der Waals surface area contributed by atoms with E-state index in [1.165, 1.54) is 16.1 Å². The highest BCUT2D eigenvalue weighted by Gasteiger charge is 2.37. The molecular weight excluding hydrogens is 392 g/mol. The molecule has 1 aromatic heterocycles. The van der Waals surface area contributed by atoms with Crippen LogP contribution in [0.4, 0.5) is 0 Å². The van der Waals surface area contributed by atoms with E-state index in [-0.39, 0.29) is 17.7 Å². The van der Waals surface area contributed by atoms with E-state index < -0.39 is 10.0 Å². The number of hydrogen-bond acceptors (Lipinski definition) is 6. The zero-order chi connectivity index (χ0) is 20.8. The molecule has 2 fully saturated rings. The van der Waals surface area contributed by atoms with Crippen LogP contribution in [0.1, 0.15) is 57.9 Å². The lowest BCUT2D eigenvalue weighted by Crippen LogP contribution is -2.48. The van der Waals surface area contributed by atoms with Gasteiger partial charge in [-0.2, -0.15) is 4.98 Å². The van der Waals surface area contributed by atoms with E-state index in [2.05, 4.69) is 10.1 Å². The normalized spacial score (nSPS) is 19.3. The van der Waals surface area contributed by atoms with Crippen LogP contribution in [0.5, 0.6) is 0 Å². The van der Waals surface area contributed by atoms with Gasteiger partial charge >= 0.3 is 0 Å². The predicted octanol–water partition coefficient (Wildman–Crippen LogP) is 2.07. The van der Waals surface area contributed by atoms with E-state index in [0.29, 0.717) is 56.3 Å². The maximum Gasteiger partial charge on any atom is 0.253 e. The number of benzene rings is 1. The molecule has 156 valence electrons. The third-order valence-electron chi connectivity index (χ3n) is 6.02. The fourth-order valence-electron chi connectivity index (χ4n) is 3.88. The number of sulfonamides is 1. The fraction of sp³-hybridized carbons (Fsp3) is 0.550. The smallest absolute Gasteiger partial charge is 0.253 e. The molecule has 0 aliphatic carbocycles. The van der Waals surface area contributed by atoms with Crippen LogP contribution in [0.3, 0.4) is 0 Å². The van der Waals surface area contributed by atoms with E-state index in [9.17, 15) is 13.2 Å². The molecule has 2 saturated heterocycles. The van der Waals surface area contributed by atoms with E-state index in [0.717, 1.165) is 5.56 Å². The number of piperidine rings is 1. The molecule has 1 amide bonds. The first-order chi connectivity index (χ1) is 13.7. The maximum absolute atomic E-state index is 12.6. The van der Waals surface area contributed by atoms with Crippen molar-refractivity contribution in [3.05, 3.63) is 46.6 Å². The summed E-state index contributed by atoms with van der Waals surface area (Å²) in [5.74, 6) is 1.40. The van der Waals surface area contributed by atoms with Crippen molar-refractivity contribution < 1.29 is 17.7 Å². The molecule has 3 heterocycles. The van der Waals surface area contributed by atoms with Crippen molar-refractivity contribution in [3.8, 4) is 0 Å². The van der Waals surface area contributed by atoms with Crippen molar-refractivity contribution in [2.45, 2.75) is 38.5 Å². The number of likely N-dealkylation sites (tertiary alicyclic amines) is 1. The first-order valence-electron chi connectivity index (χ1n) is 9.87. The summed E-state index contributed by atoms with van der Waals surface area (Å²) in [4.78, 5) is 19.0. The fourth-order valence-corrected chi connectivity index (χ4v) is 4.76. The molecule has 2 aliphatic heterocycles. The third kappa shape index (κ3) is 4.06. The Balaban J connectivity index is 1.34. The Morgan fingerprint density at radius 1 is 1.10 bits per heavy atom. The van der Waals surface area contributed by atoms with Gasteiger partial charge in [-0.1, -0.05) is 11.2 Å². The summed E-state index contributed by atoms with van der Waals surface area (Å²) >= 11 is 0. The molecule has 29 heavy (non-hydrogen) atoms. The minimum Gasteiger partial charge on any atom is -0.339 e. The second-order valence-corrected chi connectivity index (χ2v) is 10.1. The van der Waals surface area contributed by atoms with Crippen LogP contribution in [-0.2, 0) is 10.0 Å². The average molecular weight is 419 g/mol. The van der Waals surface area contributed by atoms with Crippen LogP contribution in [0.2, 0.25) is 0 Å². The first kappa shape index (κ1) is 20.0. The maximum atomic E-state index is 12.6. The van der Waals surface area contributed by atoms with Gasteiger partial charge in [0.05, 0.1) is 12.2 Å². The van der Waals surface area contributed by atoms with Crippen molar-refractivity contribution in [2.24, 2.45) is 0 Å². The summed E-state index contributed by atoms with van der Waals surface area (Å²) < 4.78 is 30.2. The quantitative estimate of drug-likeness (QED) is 0.754. The number of hydrogen-bond donors (Lipinski definition) is 0. The van der Waals surface area contributed by atoms with Crippen LogP contribution < -0.4 is 0 Å². The molecule has 2 aromatic rings. The summed E-state index contributed by atoms with van der Waals surface area (Å²) in [6.07, 6.45) is 2.61. The second-order valence-electron chi connectivity index (χ2n) is 8.13. The summed E-state index contributed by atoms with van der Waals surface area (Å²) in [7, 11) is -3.15. The molecule has 0 radical (unpaired) electrons. The third-order valence-corrected chi connectivity index (χ3v) is 7.32. The van der Waals surface area contributed by atoms with E-state index in [1.807, 2.05) is 32.0 Å². The van der Waals surface area contributed by atoms with Crippen molar-refractivity contribution in [2.75, 3.05) is 32.4 Å². The molecule has 0 spiro atoms. The largest absolute Gasteiger partial charge is 0.339 e. The Morgan fingerprint density at radius 3 is 2.41 bits per heavy atom. The minimum atomic E-state index is -3.15. The monoisotopic (exact) mass is 418 g/mol. The van der Waals surface area contributed by atoms with Gasteiger partial charge in [0.15, 0.2) is 5.82 Å². The minimum absolute atomic E-state index is 0.0252. The molecule has 9 heteroatoms. The van der Waals surface area contributed by atoms with Crippen LogP contribution in [-0.4, -0.2) is 66.1 Å². The van der Waals surface area contributed by atoms with Gasteiger partial charge in [0, 0.05) is 37.7 Å². The lowest BCUT2D eigenvalue weighted by atomic mass is 9.96. The zero-order valence-electron chi connectivity index (χ0n) is 17.0. The first-order valence-corrected chi connectivity index (χ1v) is 11.7. The summed E-state index contributed by atoms with van der Waals surface area (Å²) in [5.41, 5.74) is 2.98. The summed E-state index contributed by atoms with van der Waals surface area (Å²) in [6, 6.07) is 5.77. The van der Waals surface area contributed by atoms with Gasteiger partial charge in [0.1, 0.15) is 0 Å². The molecule has 0 saturated carbocycles. The van der Waals surface area contributed by atoms with Crippen LogP contribution in [0, 0.1) is 13.8 Å². The Bertz CT molecular complexity index is 1020. The molecule has 2 aliphatic rings. The van der Waals surface area contributed by atoms with Crippen LogP contribution in [0.25, 0.3) is 0 Å². The Morgan fingerprint density at radius 2 is 1.79 bits per heavy atom. The van der Waals surface area contributed by atoms with Gasteiger partial charge in [0.25, 0.3) is 5.91 Å². The highest BCUT2D eigenvalue weighted by molar-refractivity contribution is 7.88. The molecular formula is C20H26N4O4S. The molecule has 8 nitrogen and oxygen atoms in total. The summed E-state index contributed by atoms with van der Waals surface area (Å²) in [6.45, 7) is 6.14. The van der Waals surface area contributed by atoms with Gasteiger partial charge in [-0.15, -0.1) is 0 Å². The number of amides is 1. The predicted molar refractivity (Wildman–Crippen MR) is 107 cm³/mol. The molecule has 4 rings (SSSR count). The number of aromatic nitrogens is 2. The second kappa shape index (κ2) is 7.53. The van der Waals surface area contributed by atoms with Crippen molar-refractivity contribution >= 4 is 15.9 Å². The SMILES string of the molecule is Cc1ccc(C(=O)N2CC(c3nc(C4CCN(S(C)(=O)=O)CC4)no3)C2)cc1C. The van der Waals surface area contributed by atoms with Crippen LogP contribution >= 0.6 is 0 Å². The Hall–Kier alpha value is -2.26. The standard InChI is InChI=1S/C20H26N4O4S/c1-13-4-5-16(10-14(13)2)20(25)23-11-17(12-23)19-21-18(22-28-19)15-6-8-24(9-7-15)29(3,26)27/h4-5,10,15,17H,6-9,11-12H2,1-3H3. The van der Waals surface area contributed by atoms with Crippen molar-refractivity contribution in [1.82, 2.24) is 19.3 Å². The van der Waals surface area contributed by atoms with E-state index in [4.69, 9.17) is 4.52 Å². The number of carbonyl (C=O) groups is 1. The van der Waals surface area contributed by atoms with Gasteiger partial charge in [-0.05, 0) is 49.9 Å². The topological polar surface area (TPSA) is 96.6 Å². The number of rotatable bonds is 4. The molecule has 1 aromatic carbocycles. The molecule has 0 bridgehead atoms. The summed E-state index contributed by atoms with van der Waals surface area (Å²) in [5, 5.41) is 4.12. The van der Waals surface area contributed by atoms with Gasteiger partial charge in [-0.3, -0.25) is 4.79 Å². The molecule has 0 unspecified atom stereocenters. The van der Waals surface area contributed by atoms with Gasteiger partial charge in [0.2, 0.25) is 15.9 Å². The Labute approximate surface area is 170 Å². The zero-order valence-corrected chi connectivity index (χ0v) is 17.8. The lowest BCUT2D eigenvalue weighted by molar-refractivity contribution is 0.0569. The Kier molecular flexibility index (Phi) is 5.20. The van der Waals surface area contributed by atoms with E-state index in [1.54, 1.807) is 4.90 Å². The van der Waals surface area contributed by atoms with Crippen LogP contribution in [0.15, 0.2) is 22.7 Å². The lowest BCUT2D eigenvalue weighted by Gasteiger charge is -2.37. The molecule has 0 atom stereocenters. The number of aryl methyl sites for hydroxylation is 2. The van der Waals surface area contributed by atoms with Gasteiger partial charge in [-0.25, -0.2) is 12.7 Å². The number of nitrogens with zero attached hydrogens (tertiary/aromatic N) is 4. The van der Waals surface area contributed by atoms with Gasteiger partial charge < -0.3 is 9.42 Å². The average Bonchev–Trinajstić information content (AvgIpc) is 3.11. The molecule has 0 N–H and O–H groups in total. The highest BCUT2D eigenvalue weighted by Crippen LogP contribution is 2.31. The van der Waals surface area contributed by atoms with Crippen molar-refractivity contribution in [1.29, 1.82) is 0 Å².